The van der Waals surface area contributed by atoms with Crippen LogP contribution in [-0.4, -0.2) is 35.6 Å². The van der Waals surface area contributed by atoms with Crippen LogP contribution >= 0.6 is 0 Å². The van der Waals surface area contributed by atoms with Crippen LogP contribution in [0.15, 0.2) is 30.3 Å². The van der Waals surface area contributed by atoms with E-state index in [0.29, 0.717) is 19.6 Å². The highest BCUT2D eigenvalue weighted by Gasteiger charge is 2.42. The summed E-state index contributed by atoms with van der Waals surface area (Å²) in [6, 6.07) is 9.89. The number of carbonyl (C=O) groups excluding carboxylic acids is 1. The van der Waals surface area contributed by atoms with Crippen LogP contribution in [0.2, 0.25) is 0 Å². The maximum Gasteiger partial charge on any atom is 0.230 e. The average molecular weight is 276 g/mol. The Morgan fingerprint density at radius 2 is 1.90 bits per heavy atom. The van der Waals surface area contributed by atoms with Gasteiger partial charge in [0.2, 0.25) is 5.91 Å². The van der Waals surface area contributed by atoms with Gasteiger partial charge < -0.3 is 15.7 Å². The van der Waals surface area contributed by atoms with E-state index < -0.39 is 5.41 Å². The third-order valence-electron chi connectivity index (χ3n) is 4.28. The van der Waals surface area contributed by atoms with Gasteiger partial charge in [0.25, 0.3) is 0 Å². The van der Waals surface area contributed by atoms with Gasteiger partial charge in [-0.3, -0.25) is 4.79 Å². The van der Waals surface area contributed by atoms with Crippen LogP contribution in [0.5, 0.6) is 0 Å². The third kappa shape index (κ3) is 3.19. The molecule has 20 heavy (non-hydrogen) atoms. The molecule has 2 rings (SSSR count). The highest BCUT2D eigenvalue weighted by molar-refractivity contribution is 5.83. The van der Waals surface area contributed by atoms with Gasteiger partial charge in [-0.25, -0.2) is 0 Å². The van der Waals surface area contributed by atoms with Crippen LogP contribution in [0.3, 0.4) is 0 Å². The first kappa shape index (κ1) is 15.0. The summed E-state index contributed by atoms with van der Waals surface area (Å²) in [5.74, 6) is 0.107. The molecule has 3 N–H and O–H groups in total. The predicted molar refractivity (Wildman–Crippen MR) is 78.9 cm³/mol. The van der Waals surface area contributed by atoms with Gasteiger partial charge in [-0.05, 0) is 18.4 Å². The average Bonchev–Trinajstić information content (AvgIpc) is 2.97. The van der Waals surface area contributed by atoms with Crippen molar-refractivity contribution in [2.24, 2.45) is 11.1 Å². The Morgan fingerprint density at radius 3 is 2.45 bits per heavy atom. The summed E-state index contributed by atoms with van der Waals surface area (Å²) in [7, 11) is 0. The van der Waals surface area contributed by atoms with E-state index in [-0.39, 0.29) is 12.5 Å². The minimum absolute atomic E-state index is 0.0147. The summed E-state index contributed by atoms with van der Waals surface area (Å²) < 4.78 is 0. The molecule has 0 bridgehead atoms. The molecule has 1 amide bonds. The lowest BCUT2D eigenvalue weighted by Gasteiger charge is -2.33. The van der Waals surface area contributed by atoms with Crippen LogP contribution in [0.25, 0.3) is 0 Å². The lowest BCUT2D eigenvalue weighted by Crippen LogP contribution is -2.47. The van der Waals surface area contributed by atoms with Gasteiger partial charge in [-0.2, -0.15) is 0 Å². The van der Waals surface area contributed by atoms with Gasteiger partial charge in [-0.1, -0.05) is 43.2 Å². The Bertz CT molecular complexity index is 427. The molecule has 0 saturated heterocycles. The Kier molecular flexibility index (Phi) is 5.15. The maximum absolute atomic E-state index is 12.8. The summed E-state index contributed by atoms with van der Waals surface area (Å²) in [5, 5.41) is 9.24. The first-order chi connectivity index (χ1) is 9.72. The molecule has 0 aromatic heterocycles. The van der Waals surface area contributed by atoms with Crippen molar-refractivity contribution in [2.75, 3.05) is 19.7 Å². The van der Waals surface area contributed by atoms with Crippen molar-refractivity contribution in [2.45, 2.75) is 32.2 Å². The molecule has 1 saturated carbocycles. The SMILES string of the molecule is NCC1(C(=O)N(CCO)Cc2ccccc2)CCCC1. The normalized spacial score (nSPS) is 17.1. The first-order valence-electron chi connectivity index (χ1n) is 7.36. The molecule has 0 radical (unpaired) electrons. The molecule has 4 nitrogen and oxygen atoms in total. The second-order valence-electron chi connectivity index (χ2n) is 5.63. The highest BCUT2D eigenvalue weighted by Crippen LogP contribution is 2.39. The van der Waals surface area contributed by atoms with Crippen LogP contribution < -0.4 is 5.73 Å². The fourth-order valence-corrected chi connectivity index (χ4v) is 3.07. The molecular weight excluding hydrogens is 252 g/mol. The number of rotatable bonds is 6. The molecule has 0 unspecified atom stereocenters. The number of nitrogens with zero attached hydrogens (tertiary/aromatic N) is 1. The van der Waals surface area contributed by atoms with E-state index in [2.05, 4.69) is 0 Å². The van der Waals surface area contributed by atoms with Crippen molar-refractivity contribution >= 4 is 5.91 Å². The van der Waals surface area contributed by atoms with Gasteiger partial charge in [0.05, 0.1) is 12.0 Å². The minimum atomic E-state index is -0.399. The fourth-order valence-electron chi connectivity index (χ4n) is 3.07. The van der Waals surface area contributed by atoms with E-state index in [4.69, 9.17) is 5.73 Å². The summed E-state index contributed by atoms with van der Waals surface area (Å²) in [6.07, 6.45) is 3.89. The maximum atomic E-state index is 12.8. The second-order valence-corrected chi connectivity index (χ2v) is 5.63. The first-order valence-corrected chi connectivity index (χ1v) is 7.36. The zero-order valence-corrected chi connectivity index (χ0v) is 11.9. The van der Waals surface area contributed by atoms with Gasteiger partial charge in [0, 0.05) is 19.6 Å². The van der Waals surface area contributed by atoms with E-state index in [0.717, 1.165) is 31.2 Å². The molecule has 1 aliphatic carbocycles. The Hall–Kier alpha value is -1.39. The number of benzene rings is 1. The van der Waals surface area contributed by atoms with E-state index in [1.165, 1.54) is 0 Å². The molecule has 0 heterocycles. The minimum Gasteiger partial charge on any atom is -0.395 e. The smallest absolute Gasteiger partial charge is 0.230 e. The standard InChI is InChI=1S/C16H24N2O2/c17-13-16(8-4-5-9-16)15(20)18(10-11-19)12-14-6-2-1-3-7-14/h1-3,6-7,19H,4-5,8-13,17H2. The Balaban J connectivity index is 2.13. The quantitative estimate of drug-likeness (QED) is 0.828. The third-order valence-corrected chi connectivity index (χ3v) is 4.28. The molecule has 1 aromatic carbocycles. The number of aliphatic hydroxyl groups excluding tert-OH is 1. The van der Waals surface area contributed by atoms with Crippen LogP contribution in [0.4, 0.5) is 0 Å². The molecule has 1 aliphatic rings. The zero-order chi connectivity index (χ0) is 14.4. The van der Waals surface area contributed by atoms with E-state index >= 15 is 0 Å². The van der Waals surface area contributed by atoms with Crippen molar-refractivity contribution in [1.82, 2.24) is 4.90 Å². The van der Waals surface area contributed by atoms with Crippen LogP contribution in [0, 0.1) is 5.41 Å². The van der Waals surface area contributed by atoms with Gasteiger partial charge >= 0.3 is 0 Å². The Morgan fingerprint density at radius 1 is 1.25 bits per heavy atom. The molecule has 0 atom stereocenters. The molecule has 0 spiro atoms. The lowest BCUT2D eigenvalue weighted by molar-refractivity contribution is -0.142. The van der Waals surface area contributed by atoms with E-state index in [1.54, 1.807) is 4.90 Å². The predicted octanol–water partition coefficient (Wildman–Crippen LogP) is 1.53. The highest BCUT2D eigenvalue weighted by atomic mass is 16.3. The summed E-state index contributed by atoms with van der Waals surface area (Å²) in [4.78, 5) is 14.6. The zero-order valence-electron chi connectivity index (χ0n) is 11.9. The largest absolute Gasteiger partial charge is 0.395 e. The molecule has 1 aromatic rings. The van der Waals surface area contributed by atoms with Gasteiger partial charge in [0.1, 0.15) is 0 Å². The number of carbonyl (C=O) groups is 1. The molecule has 110 valence electrons. The lowest BCUT2D eigenvalue weighted by atomic mass is 9.84. The number of amides is 1. The van der Waals surface area contributed by atoms with Crippen LogP contribution in [0.1, 0.15) is 31.2 Å². The second kappa shape index (κ2) is 6.86. The van der Waals surface area contributed by atoms with Gasteiger partial charge in [0.15, 0.2) is 0 Å². The molecular formula is C16H24N2O2. The summed E-state index contributed by atoms with van der Waals surface area (Å²) >= 11 is 0. The number of hydrogen-bond acceptors (Lipinski definition) is 3. The summed E-state index contributed by atoms with van der Waals surface area (Å²) in [6.45, 7) is 1.30. The molecule has 0 aliphatic heterocycles. The van der Waals surface area contributed by atoms with E-state index in [9.17, 15) is 9.90 Å². The topological polar surface area (TPSA) is 66.6 Å². The van der Waals surface area contributed by atoms with Gasteiger partial charge in [-0.15, -0.1) is 0 Å². The number of nitrogens with two attached hydrogens (primary N) is 1. The summed E-state index contributed by atoms with van der Waals surface area (Å²) in [5.41, 5.74) is 6.57. The number of aliphatic hydroxyl groups is 1. The Labute approximate surface area is 120 Å². The van der Waals surface area contributed by atoms with E-state index in [1.807, 2.05) is 30.3 Å². The van der Waals surface area contributed by atoms with Crippen molar-refractivity contribution in [3.8, 4) is 0 Å². The van der Waals surface area contributed by atoms with Crippen LogP contribution in [-0.2, 0) is 11.3 Å². The van der Waals surface area contributed by atoms with Crippen molar-refractivity contribution in [3.63, 3.8) is 0 Å². The fraction of sp³-hybridized carbons (Fsp3) is 0.562. The molecule has 1 fully saturated rings. The monoisotopic (exact) mass is 276 g/mol. The van der Waals surface area contributed by atoms with Crippen molar-refractivity contribution in [3.05, 3.63) is 35.9 Å². The molecule has 4 heteroatoms. The number of hydrogen-bond donors (Lipinski definition) is 2. The van der Waals surface area contributed by atoms with Crippen molar-refractivity contribution < 1.29 is 9.90 Å². The van der Waals surface area contributed by atoms with Crippen molar-refractivity contribution in [1.29, 1.82) is 0 Å².